The number of halogens is 1. The summed E-state index contributed by atoms with van der Waals surface area (Å²) >= 11 is 0. The molecule has 1 aliphatic rings. The summed E-state index contributed by atoms with van der Waals surface area (Å²) in [7, 11) is 1.79. The molecule has 0 saturated carbocycles. The highest BCUT2D eigenvalue weighted by molar-refractivity contribution is 14.0. The van der Waals surface area contributed by atoms with E-state index in [-0.39, 0.29) is 24.0 Å². The number of aliphatic imine (C=N–C) groups is 1. The molecule has 2 heterocycles. The van der Waals surface area contributed by atoms with E-state index in [1.807, 2.05) is 18.2 Å². The van der Waals surface area contributed by atoms with Gasteiger partial charge in [-0.25, -0.2) is 0 Å². The first kappa shape index (κ1) is 23.0. The minimum Gasteiger partial charge on any atom is -0.461 e. The van der Waals surface area contributed by atoms with Crippen LogP contribution in [0.15, 0.2) is 39.7 Å². The number of guanidine groups is 1. The minimum atomic E-state index is 0. The van der Waals surface area contributed by atoms with Crippen LogP contribution in [-0.2, 0) is 15.9 Å². The van der Waals surface area contributed by atoms with Gasteiger partial charge in [0, 0.05) is 58.4 Å². The second-order valence-corrected chi connectivity index (χ2v) is 6.91. The van der Waals surface area contributed by atoms with Crippen molar-refractivity contribution in [1.82, 2.24) is 10.6 Å². The van der Waals surface area contributed by atoms with Crippen LogP contribution in [0.2, 0.25) is 0 Å². The lowest BCUT2D eigenvalue weighted by atomic mass is 10.0. The Balaban J connectivity index is 0.00000280. The van der Waals surface area contributed by atoms with Gasteiger partial charge in [-0.1, -0.05) is 18.2 Å². The molecule has 0 atom stereocenters. The average molecular weight is 501 g/mol. The van der Waals surface area contributed by atoms with Crippen molar-refractivity contribution < 1.29 is 13.9 Å². The molecule has 1 aromatic heterocycles. The summed E-state index contributed by atoms with van der Waals surface area (Å²) in [5.74, 6) is 2.47. The lowest BCUT2D eigenvalue weighted by molar-refractivity contribution is 0.0203. The number of fused-ring (bicyclic) bond motifs is 1. The van der Waals surface area contributed by atoms with Crippen molar-refractivity contribution >= 4 is 40.9 Å². The van der Waals surface area contributed by atoms with E-state index in [0.717, 1.165) is 87.9 Å². The van der Waals surface area contributed by atoms with Gasteiger partial charge in [0.05, 0.1) is 0 Å². The Morgan fingerprint density at radius 3 is 2.75 bits per heavy atom. The Labute approximate surface area is 184 Å². The van der Waals surface area contributed by atoms with E-state index >= 15 is 0 Å². The van der Waals surface area contributed by atoms with Gasteiger partial charge in [-0.15, -0.1) is 24.0 Å². The maximum Gasteiger partial charge on any atom is 0.190 e. The predicted octanol–water partition coefficient (Wildman–Crippen LogP) is 3.59. The molecule has 1 fully saturated rings. The summed E-state index contributed by atoms with van der Waals surface area (Å²) < 4.78 is 17.0. The number of para-hydroxylation sites is 1. The summed E-state index contributed by atoms with van der Waals surface area (Å²) in [4.78, 5) is 4.26. The number of nitrogens with zero attached hydrogens (tertiary/aromatic N) is 1. The number of hydrogen-bond acceptors (Lipinski definition) is 4. The van der Waals surface area contributed by atoms with Gasteiger partial charge in [0.2, 0.25) is 0 Å². The van der Waals surface area contributed by atoms with Gasteiger partial charge in [-0.3, -0.25) is 4.99 Å². The molecule has 0 aliphatic carbocycles. The van der Waals surface area contributed by atoms with Crippen LogP contribution in [0.4, 0.5) is 0 Å². The van der Waals surface area contributed by atoms with Crippen LogP contribution in [0.3, 0.4) is 0 Å². The molecule has 1 saturated heterocycles. The number of ether oxygens (including phenoxy) is 2. The normalized spacial score (nSPS) is 15.4. The first-order valence-corrected chi connectivity index (χ1v) is 9.92. The first-order chi connectivity index (χ1) is 13.3. The Morgan fingerprint density at radius 1 is 1.18 bits per heavy atom. The Bertz CT molecular complexity index is 681. The number of furan rings is 1. The molecule has 0 radical (unpaired) electrons. The topological polar surface area (TPSA) is 68.0 Å². The third-order valence-corrected chi connectivity index (χ3v) is 4.82. The van der Waals surface area contributed by atoms with Gasteiger partial charge in [-0.2, -0.15) is 0 Å². The molecule has 2 aromatic rings. The monoisotopic (exact) mass is 501 g/mol. The Hall–Kier alpha value is -1.32. The molecule has 7 heteroatoms. The lowest BCUT2D eigenvalue weighted by Gasteiger charge is -2.21. The molecule has 0 amide bonds. The fraction of sp³-hybridized carbons (Fsp3) is 0.571. The second kappa shape index (κ2) is 13.0. The van der Waals surface area contributed by atoms with E-state index in [2.05, 4.69) is 27.8 Å². The third kappa shape index (κ3) is 7.60. The van der Waals surface area contributed by atoms with E-state index in [4.69, 9.17) is 13.9 Å². The molecule has 0 bridgehead atoms. The second-order valence-electron chi connectivity index (χ2n) is 6.91. The predicted molar refractivity (Wildman–Crippen MR) is 124 cm³/mol. The van der Waals surface area contributed by atoms with Crippen LogP contribution >= 0.6 is 24.0 Å². The summed E-state index contributed by atoms with van der Waals surface area (Å²) in [6.45, 7) is 5.02. The highest BCUT2D eigenvalue weighted by atomic mass is 127. The standard InChI is InChI=1S/C21H31N3O3.HI/c1-22-21(23-10-4-12-26-16-17-8-13-25-14-9-17)24-11-7-19-15-18-5-2-3-6-20(18)27-19;/h2-3,5-6,15,17H,4,7-14,16H2,1H3,(H2,22,23,24);1H. The number of nitrogens with one attached hydrogen (secondary N) is 2. The van der Waals surface area contributed by atoms with Gasteiger partial charge in [0.25, 0.3) is 0 Å². The van der Waals surface area contributed by atoms with E-state index in [9.17, 15) is 0 Å². The van der Waals surface area contributed by atoms with E-state index in [1.54, 1.807) is 7.05 Å². The molecular weight excluding hydrogens is 469 g/mol. The van der Waals surface area contributed by atoms with Gasteiger partial charge in [0.1, 0.15) is 11.3 Å². The van der Waals surface area contributed by atoms with Gasteiger partial charge in [-0.05, 0) is 37.3 Å². The van der Waals surface area contributed by atoms with Crippen molar-refractivity contribution in [2.45, 2.75) is 25.7 Å². The van der Waals surface area contributed by atoms with Crippen molar-refractivity contribution in [3.05, 3.63) is 36.1 Å². The van der Waals surface area contributed by atoms with E-state index < -0.39 is 0 Å². The SMILES string of the molecule is CN=C(NCCCOCC1CCOCC1)NCCc1cc2ccccc2o1.I. The van der Waals surface area contributed by atoms with Gasteiger partial charge in [0.15, 0.2) is 5.96 Å². The van der Waals surface area contributed by atoms with Crippen LogP contribution in [0.25, 0.3) is 11.0 Å². The zero-order chi connectivity index (χ0) is 18.7. The highest BCUT2D eigenvalue weighted by Crippen LogP contribution is 2.18. The molecular formula is C21H32IN3O3. The summed E-state index contributed by atoms with van der Waals surface area (Å²) in [5.41, 5.74) is 0.941. The first-order valence-electron chi connectivity index (χ1n) is 9.92. The van der Waals surface area contributed by atoms with Crippen molar-refractivity contribution in [2.75, 3.05) is 46.6 Å². The molecule has 28 heavy (non-hydrogen) atoms. The van der Waals surface area contributed by atoms with Crippen LogP contribution < -0.4 is 10.6 Å². The molecule has 1 aliphatic heterocycles. The van der Waals surface area contributed by atoms with Crippen LogP contribution in [0, 0.1) is 5.92 Å². The molecule has 1 aromatic carbocycles. The van der Waals surface area contributed by atoms with Crippen LogP contribution in [0.1, 0.15) is 25.0 Å². The van der Waals surface area contributed by atoms with E-state index in [1.165, 1.54) is 0 Å². The smallest absolute Gasteiger partial charge is 0.190 e. The summed E-state index contributed by atoms with van der Waals surface area (Å²) in [6.07, 6.45) is 4.04. The molecule has 0 spiro atoms. The number of rotatable bonds is 9. The zero-order valence-electron chi connectivity index (χ0n) is 16.6. The number of hydrogen-bond donors (Lipinski definition) is 2. The Morgan fingerprint density at radius 2 is 1.96 bits per heavy atom. The Kier molecular flexibility index (Phi) is 10.7. The molecule has 2 N–H and O–H groups in total. The summed E-state index contributed by atoms with van der Waals surface area (Å²) in [5, 5.41) is 7.81. The molecule has 156 valence electrons. The maximum atomic E-state index is 5.83. The van der Waals surface area contributed by atoms with Gasteiger partial charge >= 0.3 is 0 Å². The lowest BCUT2D eigenvalue weighted by Crippen LogP contribution is -2.39. The maximum absolute atomic E-state index is 5.83. The highest BCUT2D eigenvalue weighted by Gasteiger charge is 2.13. The fourth-order valence-corrected chi connectivity index (χ4v) is 3.23. The van der Waals surface area contributed by atoms with Crippen molar-refractivity contribution in [2.24, 2.45) is 10.9 Å². The number of benzene rings is 1. The van der Waals surface area contributed by atoms with Crippen molar-refractivity contribution in [3.63, 3.8) is 0 Å². The molecule has 3 rings (SSSR count). The van der Waals surface area contributed by atoms with Crippen LogP contribution in [-0.4, -0.2) is 52.5 Å². The fourth-order valence-electron chi connectivity index (χ4n) is 3.23. The van der Waals surface area contributed by atoms with Crippen molar-refractivity contribution in [1.29, 1.82) is 0 Å². The quantitative estimate of drug-likeness (QED) is 0.238. The minimum absolute atomic E-state index is 0. The summed E-state index contributed by atoms with van der Waals surface area (Å²) in [6, 6.07) is 10.2. The largest absolute Gasteiger partial charge is 0.461 e. The zero-order valence-corrected chi connectivity index (χ0v) is 18.9. The van der Waals surface area contributed by atoms with Gasteiger partial charge < -0.3 is 24.5 Å². The third-order valence-electron chi connectivity index (χ3n) is 4.82. The molecule has 0 unspecified atom stereocenters. The van der Waals surface area contributed by atoms with E-state index in [0.29, 0.717) is 5.92 Å². The average Bonchev–Trinajstić information content (AvgIpc) is 3.12. The molecule has 6 nitrogen and oxygen atoms in total. The van der Waals surface area contributed by atoms with Crippen molar-refractivity contribution in [3.8, 4) is 0 Å². The van der Waals surface area contributed by atoms with Crippen LogP contribution in [0.5, 0.6) is 0 Å².